The highest BCUT2D eigenvalue weighted by atomic mass is 15.2. The zero-order valence-corrected chi connectivity index (χ0v) is 10.3. The summed E-state index contributed by atoms with van der Waals surface area (Å²) in [4.78, 5) is 0. The third-order valence-corrected chi connectivity index (χ3v) is 3.20. The lowest BCUT2D eigenvalue weighted by molar-refractivity contribution is 0.349. The van der Waals surface area contributed by atoms with Crippen LogP contribution in [0.3, 0.4) is 0 Å². The number of hydrogen-bond donors (Lipinski definition) is 1. The van der Waals surface area contributed by atoms with Gasteiger partial charge in [-0.05, 0) is 24.9 Å². The first kappa shape index (κ1) is 12.2. The average Bonchev–Trinajstić information content (AvgIpc) is 2.64. The van der Waals surface area contributed by atoms with Crippen molar-refractivity contribution in [3.8, 4) is 0 Å². The molecule has 3 heteroatoms. The number of rotatable bonds is 6. The van der Waals surface area contributed by atoms with Crippen LogP contribution in [0.4, 0.5) is 0 Å². The molecule has 1 atom stereocenters. The molecule has 0 fully saturated rings. The van der Waals surface area contributed by atoms with E-state index in [1.807, 2.05) is 17.9 Å². The molecular weight excluding hydrogens is 186 g/mol. The zero-order valence-electron chi connectivity index (χ0n) is 10.3. The summed E-state index contributed by atoms with van der Waals surface area (Å²) in [5.41, 5.74) is 1.32. The molecule has 0 saturated heterocycles. The van der Waals surface area contributed by atoms with Crippen LogP contribution in [0, 0.1) is 5.92 Å². The summed E-state index contributed by atoms with van der Waals surface area (Å²) in [5.74, 6) is 0.759. The standard InChI is InChI=1S/C12H23N3/c1-5-11(6-2)12(13-3)7-10-8-14-15(4)9-10/h8-9,11-13H,5-7H2,1-4H3. The molecule has 0 radical (unpaired) electrons. The minimum Gasteiger partial charge on any atom is -0.316 e. The van der Waals surface area contributed by atoms with Crippen molar-refractivity contribution in [3.63, 3.8) is 0 Å². The van der Waals surface area contributed by atoms with Gasteiger partial charge in [0.05, 0.1) is 6.20 Å². The van der Waals surface area contributed by atoms with E-state index in [9.17, 15) is 0 Å². The highest BCUT2D eigenvalue weighted by molar-refractivity contribution is 5.06. The van der Waals surface area contributed by atoms with E-state index >= 15 is 0 Å². The highest BCUT2D eigenvalue weighted by Crippen LogP contribution is 2.16. The molecule has 1 unspecified atom stereocenters. The van der Waals surface area contributed by atoms with Gasteiger partial charge in [0.2, 0.25) is 0 Å². The predicted molar refractivity (Wildman–Crippen MR) is 63.8 cm³/mol. The Labute approximate surface area is 92.9 Å². The van der Waals surface area contributed by atoms with Crippen LogP contribution in [0.1, 0.15) is 32.3 Å². The molecule has 0 spiro atoms. The van der Waals surface area contributed by atoms with E-state index in [2.05, 4.69) is 37.5 Å². The van der Waals surface area contributed by atoms with Gasteiger partial charge in [0.1, 0.15) is 0 Å². The van der Waals surface area contributed by atoms with Crippen molar-refractivity contribution in [2.75, 3.05) is 7.05 Å². The first-order valence-electron chi connectivity index (χ1n) is 5.86. The molecule has 1 N–H and O–H groups in total. The van der Waals surface area contributed by atoms with Gasteiger partial charge in [-0.1, -0.05) is 26.7 Å². The number of nitrogens with zero attached hydrogens (tertiary/aromatic N) is 2. The Morgan fingerprint density at radius 1 is 1.40 bits per heavy atom. The summed E-state index contributed by atoms with van der Waals surface area (Å²) < 4.78 is 1.87. The van der Waals surface area contributed by atoms with Crippen LogP contribution in [-0.2, 0) is 13.5 Å². The van der Waals surface area contributed by atoms with Gasteiger partial charge in [-0.15, -0.1) is 0 Å². The maximum Gasteiger partial charge on any atom is 0.0522 e. The van der Waals surface area contributed by atoms with E-state index in [1.165, 1.54) is 18.4 Å². The smallest absolute Gasteiger partial charge is 0.0522 e. The van der Waals surface area contributed by atoms with Crippen LogP contribution in [0.2, 0.25) is 0 Å². The lowest BCUT2D eigenvalue weighted by Gasteiger charge is -2.24. The molecule has 1 heterocycles. The number of nitrogens with one attached hydrogen (secondary N) is 1. The molecule has 1 rings (SSSR count). The Bertz CT molecular complexity index is 276. The summed E-state index contributed by atoms with van der Waals surface area (Å²) in [6.45, 7) is 4.53. The van der Waals surface area contributed by atoms with Crippen molar-refractivity contribution in [2.45, 2.75) is 39.2 Å². The minimum absolute atomic E-state index is 0.573. The van der Waals surface area contributed by atoms with Gasteiger partial charge in [0.15, 0.2) is 0 Å². The van der Waals surface area contributed by atoms with Crippen LogP contribution in [0.25, 0.3) is 0 Å². The van der Waals surface area contributed by atoms with E-state index in [4.69, 9.17) is 0 Å². The second-order valence-electron chi connectivity index (χ2n) is 4.20. The third kappa shape index (κ3) is 3.34. The van der Waals surface area contributed by atoms with Gasteiger partial charge in [0, 0.05) is 19.3 Å². The van der Waals surface area contributed by atoms with Crippen molar-refractivity contribution >= 4 is 0 Å². The summed E-state index contributed by atoms with van der Waals surface area (Å²) >= 11 is 0. The molecule has 1 aromatic heterocycles. The maximum atomic E-state index is 4.20. The van der Waals surface area contributed by atoms with Crippen molar-refractivity contribution in [2.24, 2.45) is 13.0 Å². The second-order valence-corrected chi connectivity index (χ2v) is 4.20. The molecule has 0 aliphatic rings. The molecule has 1 aromatic rings. The third-order valence-electron chi connectivity index (χ3n) is 3.20. The molecular formula is C12H23N3. The Hall–Kier alpha value is -0.830. The van der Waals surface area contributed by atoms with Crippen LogP contribution < -0.4 is 5.32 Å². The molecule has 15 heavy (non-hydrogen) atoms. The molecule has 0 aliphatic heterocycles. The molecule has 3 nitrogen and oxygen atoms in total. The van der Waals surface area contributed by atoms with E-state index in [-0.39, 0.29) is 0 Å². The van der Waals surface area contributed by atoms with E-state index in [1.54, 1.807) is 0 Å². The van der Waals surface area contributed by atoms with Gasteiger partial charge >= 0.3 is 0 Å². The van der Waals surface area contributed by atoms with Gasteiger partial charge in [-0.3, -0.25) is 4.68 Å². The van der Waals surface area contributed by atoms with E-state index < -0.39 is 0 Å². The summed E-state index contributed by atoms with van der Waals surface area (Å²) in [5, 5.41) is 7.63. The lowest BCUT2D eigenvalue weighted by atomic mass is 9.90. The van der Waals surface area contributed by atoms with E-state index in [0.717, 1.165) is 12.3 Å². The lowest BCUT2D eigenvalue weighted by Crippen LogP contribution is -2.35. The van der Waals surface area contributed by atoms with Gasteiger partial charge in [0.25, 0.3) is 0 Å². The topological polar surface area (TPSA) is 29.9 Å². The minimum atomic E-state index is 0.573. The first-order valence-corrected chi connectivity index (χ1v) is 5.86. The van der Waals surface area contributed by atoms with Gasteiger partial charge in [-0.2, -0.15) is 5.10 Å². The summed E-state index contributed by atoms with van der Waals surface area (Å²) in [7, 11) is 4.02. The largest absolute Gasteiger partial charge is 0.316 e. The second kappa shape index (κ2) is 5.91. The SMILES string of the molecule is CCC(CC)C(Cc1cnn(C)c1)NC. The van der Waals surface area contributed by atoms with Gasteiger partial charge < -0.3 is 5.32 Å². The molecule has 86 valence electrons. The average molecular weight is 209 g/mol. The van der Waals surface area contributed by atoms with Crippen molar-refractivity contribution < 1.29 is 0 Å². The molecule has 0 saturated carbocycles. The highest BCUT2D eigenvalue weighted by Gasteiger charge is 2.17. The fraction of sp³-hybridized carbons (Fsp3) is 0.750. The zero-order chi connectivity index (χ0) is 11.3. The quantitative estimate of drug-likeness (QED) is 0.776. The predicted octanol–water partition coefficient (Wildman–Crippen LogP) is 1.99. The van der Waals surface area contributed by atoms with Crippen LogP contribution >= 0.6 is 0 Å². The maximum absolute atomic E-state index is 4.20. The van der Waals surface area contributed by atoms with Crippen LogP contribution in [-0.4, -0.2) is 22.9 Å². The number of hydrogen-bond acceptors (Lipinski definition) is 2. The number of likely N-dealkylation sites (N-methyl/N-ethyl adjacent to an activating group) is 1. The Morgan fingerprint density at radius 3 is 2.47 bits per heavy atom. The molecule has 0 aliphatic carbocycles. The molecule has 0 amide bonds. The molecule has 0 bridgehead atoms. The monoisotopic (exact) mass is 209 g/mol. The normalized spacial score (nSPS) is 13.4. The first-order chi connectivity index (χ1) is 7.21. The Morgan fingerprint density at radius 2 is 2.07 bits per heavy atom. The summed E-state index contributed by atoms with van der Waals surface area (Å²) in [6, 6.07) is 0.573. The molecule has 0 aromatic carbocycles. The Kier molecular flexibility index (Phi) is 4.82. The van der Waals surface area contributed by atoms with Crippen molar-refractivity contribution in [3.05, 3.63) is 18.0 Å². The fourth-order valence-electron chi connectivity index (χ4n) is 2.19. The summed E-state index contributed by atoms with van der Waals surface area (Å²) in [6.07, 6.45) is 7.63. The van der Waals surface area contributed by atoms with E-state index in [0.29, 0.717) is 6.04 Å². The van der Waals surface area contributed by atoms with Gasteiger partial charge in [-0.25, -0.2) is 0 Å². The van der Waals surface area contributed by atoms with Crippen molar-refractivity contribution in [1.29, 1.82) is 0 Å². The Balaban J connectivity index is 2.60. The van der Waals surface area contributed by atoms with Crippen LogP contribution in [0.5, 0.6) is 0 Å². The van der Waals surface area contributed by atoms with Crippen LogP contribution in [0.15, 0.2) is 12.4 Å². The fourth-order valence-corrected chi connectivity index (χ4v) is 2.19. The number of aromatic nitrogens is 2. The number of aryl methyl sites for hydroxylation is 1. The van der Waals surface area contributed by atoms with Crippen molar-refractivity contribution in [1.82, 2.24) is 15.1 Å².